The van der Waals surface area contributed by atoms with Crippen LogP contribution < -0.4 is 20.8 Å². The minimum absolute atomic E-state index is 0.269. The van der Waals surface area contributed by atoms with E-state index < -0.39 is 0 Å². The summed E-state index contributed by atoms with van der Waals surface area (Å²) >= 11 is 0. The average molecular weight is 412 g/mol. The number of nitrogen functional groups attached to an aromatic ring is 1. The van der Waals surface area contributed by atoms with Crippen LogP contribution in [0.1, 0.15) is 29.2 Å². The first-order valence-corrected chi connectivity index (χ1v) is 10.2. The van der Waals surface area contributed by atoms with Gasteiger partial charge in [-0.05, 0) is 63.0 Å². The van der Waals surface area contributed by atoms with Crippen LogP contribution in [0, 0.1) is 12.3 Å². The van der Waals surface area contributed by atoms with Gasteiger partial charge in [-0.3, -0.25) is 5.41 Å². The zero-order chi connectivity index (χ0) is 21.0. The molecule has 3 N–H and O–H groups in total. The fourth-order valence-corrected chi connectivity index (χ4v) is 4.14. The Morgan fingerprint density at radius 3 is 2.55 bits per heavy atom. The van der Waals surface area contributed by atoms with Gasteiger partial charge in [0.05, 0.1) is 19.9 Å². The van der Waals surface area contributed by atoms with Crippen LogP contribution in [0.15, 0.2) is 41.2 Å². The Morgan fingerprint density at radius 1 is 1.21 bits per heavy atom. The minimum atomic E-state index is 0.269. The molecular weight excluding hydrogens is 387 g/mol. The highest BCUT2D eigenvalue weighted by atomic mass is 31.1. The van der Waals surface area contributed by atoms with Crippen molar-refractivity contribution in [3.63, 3.8) is 0 Å². The third-order valence-corrected chi connectivity index (χ3v) is 5.88. The first-order valence-electron chi connectivity index (χ1n) is 9.16. The lowest BCUT2D eigenvalue weighted by Crippen LogP contribution is -2.13. The molecule has 7 nitrogen and oxygen atoms in total. The predicted molar refractivity (Wildman–Crippen MR) is 116 cm³/mol. The molecule has 0 spiro atoms. The Kier molecular flexibility index (Phi) is 6.49. The molecule has 3 aromatic rings. The molecule has 152 valence electrons. The van der Waals surface area contributed by atoms with E-state index in [4.69, 9.17) is 25.1 Å². The van der Waals surface area contributed by atoms with E-state index in [2.05, 4.69) is 17.1 Å². The van der Waals surface area contributed by atoms with Crippen LogP contribution >= 0.6 is 8.58 Å². The zero-order valence-corrected chi connectivity index (χ0v) is 17.9. The van der Waals surface area contributed by atoms with Crippen LogP contribution in [0.4, 0.5) is 5.69 Å². The molecule has 2 atom stereocenters. The fraction of sp³-hybridized carbons (Fsp3) is 0.286. The van der Waals surface area contributed by atoms with Gasteiger partial charge in [-0.25, -0.2) is 0 Å². The number of nitrogens with one attached hydrogen (secondary N) is 1. The highest BCUT2D eigenvalue weighted by Crippen LogP contribution is 2.34. The molecule has 0 bridgehead atoms. The summed E-state index contributed by atoms with van der Waals surface area (Å²) in [6, 6.07) is 9.45. The van der Waals surface area contributed by atoms with Crippen LogP contribution in [0.2, 0.25) is 0 Å². The molecule has 0 aliphatic carbocycles. The summed E-state index contributed by atoms with van der Waals surface area (Å²) in [4.78, 5) is 4.12. The van der Waals surface area contributed by atoms with Crippen LogP contribution in [-0.2, 0) is 6.42 Å². The Balaban J connectivity index is 1.98. The van der Waals surface area contributed by atoms with Crippen LogP contribution in [-0.4, -0.2) is 35.7 Å². The number of methoxy groups -OCH3 is 2. The third kappa shape index (κ3) is 4.74. The average Bonchev–Trinajstić information content (AvgIpc) is 3.22. The molecule has 2 aromatic carbocycles. The van der Waals surface area contributed by atoms with E-state index >= 15 is 0 Å². The maximum atomic E-state index is 8.84. The summed E-state index contributed by atoms with van der Waals surface area (Å²) in [5.41, 5.74) is 11.6. The van der Waals surface area contributed by atoms with Gasteiger partial charge in [0.2, 0.25) is 6.39 Å². The quantitative estimate of drug-likeness (QED) is 0.334. The number of ether oxygens (including phenoxy) is 2. The smallest absolute Gasteiger partial charge is 0.214 e. The van der Waals surface area contributed by atoms with E-state index in [-0.39, 0.29) is 5.66 Å². The second-order valence-electron chi connectivity index (χ2n) is 6.82. The van der Waals surface area contributed by atoms with Crippen LogP contribution in [0.25, 0.3) is 0 Å². The lowest BCUT2D eigenvalue weighted by molar-refractivity contribution is 0.354. The van der Waals surface area contributed by atoms with Crippen LogP contribution in [0.3, 0.4) is 0 Å². The second kappa shape index (κ2) is 9.05. The molecule has 8 heteroatoms. The molecule has 0 aliphatic heterocycles. The SMILES string of the molecule is COc1cc(CC(C)Pc2ncon2)c(C(=N)c2ccc(N)c(C)c2)cc1OC. The van der Waals surface area contributed by atoms with Crippen molar-refractivity contribution in [3.05, 3.63) is 59.0 Å². The Bertz CT molecular complexity index is 1010. The number of nitrogens with two attached hydrogens (primary N) is 1. The van der Waals surface area contributed by atoms with Gasteiger partial charge in [-0.1, -0.05) is 18.1 Å². The monoisotopic (exact) mass is 412 g/mol. The molecule has 0 amide bonds. The third-order valence-electron chi connectivity index (χ3n) is 4.70. The van der Waals surface area contributed by atoms with Crippen molar-refractivity contribution in [1.29, 1.82) is 5.41 Å². The van der Waals surface area contributed by atoms with E-state index in [1.165, 1.54) is 6.39 Å². The highest BCUT2D eigenvalue weighted by Gasteiger charge is 2.19. The van der Waals surface area contributed by atoms with Crippen molar-refractivity contribution in [2.75, 3.05) is 20.0 Å². The second-order valence-corrected chi connectivity index (χ2v) is 8.54. The van der Waals surface area contributed by atoms with Gasteiger partial charge in [0.1, 0.15) is 0 Å². The number of aryl methyl sites for hydroxylation is 1. The van der Waals surface area contributed by atoms with Gasteiger partial charge in [0.25, 0.3) is 0 Å². The molecule has 0 saturated carbocycles. The van der Waals surface area contributed by atoms with Gasteiger partial charge in [-0.2, -0.15) is 4.98 Å². The van der Waals surface area contributed by atoms with Gasteiger partial charge >= 0.3 is 0 Å². The molecule has 2 unspecified atom stereocenters. The van der Waals surface area contributed by atoms with Crippen molar-refractivity contribution in [2.45, 2.75) is 25.9 Å². The summed E-state index contributed by atoms with van der Waals surface area (Å²) in [6.07, 6.45) is 2.08. The van der Waals surface area contributed by atoms with Gasteiger partial charge in [0.15, 0.2) is 17.1 Å². The van der Waals surface area contributed by atoms with Gasteiger partial charge in [-0.15, -0.1) is 0 Å². The molecular formula is C21H25N4O3P. The van der Waals surface area contributed by atoms with Crippen molar-refractivity contribution in [3.8, 4) is 11.5 Å². The summed E-state index contributed by atoms with van der Waals surface area (Å²) < 4.78 is 15.8. The molecule has 0 saturated heterocycles. The number of nitrogens with zero attached hydrogens (tertiary/aromatic N) is 2. The topological polar surface area (TPSA) is 107 Å². The number of hydrogen-bond donors (Lipinski definition) is 2. The van der Waals surface area contributed by atoms with E-state index in [0.717, 1.165) is 28.7 Å². The fourth-order valence-electron chi connectivity index (χ4n) is 3.14. The lowest BCUT2D eigenvalue weighted by atomic mass is 9.93. The van der Waals surface area contributed by atoms with Crippen molar-refractivity contribution in [1.82, 2.24) is 10.1 Å². The molecule has 29 heavy (non-hydrogen) atoms. The molecule has 3 rings (SSSR count). The molecule has 1 heterocycles. The standard InChI is InChI=1S/C21H25N4O3P/c1-12-7-14(5-6-17(12)22)20(23)16-10-19(27-4)18(26-3)9-15(16)8-13(2)29-21-24-11-28-25-21/h5-7,9-11,13,23,29H,8,22H2,1-4H3. The van der Waals surface area contributed by atoms with Gasteiger partial charge < -0.3 is 19.7 Å². The summed E-state index contributed by atoms with van der Waals surface area (Å²) in [7, 11) is 3.61. The number of benzene rings is 2. The number of rotatable bonds is 8. The first-order chi connectivity index (χ1) is 13.9. The van der Waals surface area contributed by atoms with E-state index in [1.807, 2.05) is 37.3 Å². The number of hydrogen-bond acceptors (Lipinski definition) is 7. The van der Waals surface area contributed by atoms with E-state index in [9.17, 15) is 0 Å². The first kappa shape index (κ1) is 20.8. The molecule has 0 fully saturated rings. The Labute approximate surface area is 171 Å². The summed E-state index contributed by atoms with van der Waals surface area (Å²) in [6.45, 7) is 4.07. The summed E-state index contributed by atoms with van der Waals surface area (Å²) in [5.74, 6) is 1.24. The zero-order valence-electron chi connectivity index (χ0n) is 16.9. The van der Waals surface area contributed by atoms with E-state index in [1.54, 1.807) is 14.2 Å². The van der Waals surface area contributed by atoms with Crippen LogP contribution in [0.5, 0.6) is 11.5 Å². The molecule has 0 radical (unpaired) electrons. The van der Waals surface area contributed by atoms with Crippen molar-refractivity contribution < 1.29 is 14.0 Å². The normalized spacial score (nSPS) is 12.3. The Morgan fingerprint density at radius 2 is 1.93 bits per heavy atom. The Hall–Kier alpha value is -2.92. The van der Waals surface area contributed by atoms with E-state index in [0.29, 0.717) is 37.0 Å². The lowest BCUT2D eigenvalue weighted by Gasteiger charge is -2.18. The number of aromatic nitrogens is 2. The molecule has 0 aliphatic rings. The highest BCUT2D eigenvalue weighted by molar-refractivity contribution is 7.47. The minimum Gasteiger partial charge on any atom is -0.493 e. The predicted octanol–water partition coefficient (Wildman–Crippen LogP) is 3.33. The van der Waals surface area contributed by atoms with Crippen molar-refractivity contribution >= 4 is 25.5 Å². The largest absolute Gasteiger partial charge is 0.493 e. The van der Waals surface area contributed by atoms with Gasteiger partial charge in [0, 0.05) is 16.8 Å². The summed E-state index contributed by atoms with van der Waals surface area (Å²) in [5, 5.41) is 12.8. The number of anilines is 1. The maximum Gasteiger partial charge on any atom is 0.214 e. The molecule has 1 aromatic heterocycles. The maximum absolute atomic E-state index is 8.84. The van der Waals surface area contributed by atoms with Crippen molar-refractivity contribution in [2.24, 2.45) is 0 Å².